The minimum atomic E-state index is 0.00268. The Morgan fingerprint density at radius 3 is 2.36 bits per heavy atom. The summed E-state index contributed by atoms with van der Waals surface area (Å²) >= 11 is 0. The van der Waals surface area contributed by atoms with Gasteiger partial charge in [-0.15, -0.1) is 0 Å². The molecule has 0 saturated carbocycles. The fourth-order valence-corrected chi connectivity index (χ4v) is 4.31. The average molecular weight is 442 g/mol. The van der Waals surface area contributed by atoms with Crippen LogP contribution in [0, 0.1) is 6.92 Å². The first-order valence-electron chi connectivity index (χ1n) is 11.1. The van der Waals surface area contributed by atoms with Crippen LogP contribution < -0.4 is 9.64 Å². The highest BCUT2D eigenvalue weighted by Gasteiger charge is 2.27. The second-order valence-corrected chi connectivity index (χ2v) is 8.20. The first-order chi connectivity index (χ1) is 16.1. The van der Waals surface area contributed by atoms with Gasteiger partial charge in [-0.1, -0.05) is 18.2 Å². The zero-order chi connectivity index (χ0) is 22.8. The topological polar surface area (TPSA) is 55.5 Å². The number of benzene rings is 2. The molecule has 4 aromatic rings. The maximum atomic E-state index is 13.6. The normalized spacial score (nSPS) is 13.9. The van der Waals surface area contributed by atoms with Gasteiger partial charge >= 0.3 is 0 Å². The Morgan fingerprint density at radius 2 is 1.64 bits per heavy atom. The SMILES string of the molecule is COc1cccc(N2CCN(C(=O)c3cnn(-c4cccc(C)c4)c3-n3cccc3)CC2)c1. The van der Waals surface area contributed by atoms with Crippen molar-refractivity contribution in [2.75, 3.05) is 38.2 Å². The molecule has 1 aliphatic rings. The van der Waals surface area contributed by atoms with Crippen LogP contribution in [0.4, 0.5) is 5.69 Å². The van der Waals surface area contributed by atoms with Gasteiger partial charge in [-0.3, -0.25) is 4.79 Å². The van der Waals surface area contributed by atoms with E-state index in [0.29, 0.717) is 18.7 Å². The lowest BCUT2D eigenvalue weighted by atomic mass is 10.2. The third kappa shape index (κ3) is 4.09. The number of nitrogens with zero attached hydrogens (tertiary/aromatic N) is 5. The number of piperazine rings is 1. The molecule has 2 aromatic carbocycles. The van der Waals surface area contributed by atoms with Gasteiger partial charge in [-0.25, -0.2) is 4.68 Å². The molecule has 0 N–H and O–H groups in total. The molecule has 168 valence electrons. The summed E-state index contributed by atoms with van der Waals surface area (Å²) in [5.74, 6) is 1.60. The van der Waals surface area contributed by atoms with E-state index in [1.807, 2.05) is 69.0 Å². The van der Waals surface area contributed by atoms with E-state index in [4.69, 9.17) is 4.74 Å². The van der Waals surface area contributed by atoms with Crippen molar-refractivity contribution in [3.63, 3.8) is 0 Å². The zero-order valence-corrected chi connectivity index (χ0v) is 18.9. The number of anilines is 1. The first kappa shape index (κ1) is 20.9. The standard InChI is InChI=1S/C26H27N5O2/c1-20-7-5-9-22(17-20)31-25(29-11-3-4-12-29)24(19-27-31)26(32)30-15-13-28(14-16-30)21-8-6-10-23(18-21)33-2/h3-12,17-19H,13-16H2,1-2H3. The largest absolute Gasteiger partial charge is 0.497 e. The minimum Gasteiger partial charge on any atom is -0.497 e. The highest BCUT2D eigenvalue weighted by Crippen LogP contribution is 2.25. The van der Waals surface area contributed by atoms with Gasteiger partial charge in [0, 0.05) is 50.3 Å². The highest BCUT2D eigenvalue weighted by atomic mass is 16.5. The second kappa shape index (κ2) is 8.86. The number of carbonyl (C=O) groups is 1. The van der Waals surface area contributed by atoms with Crippen LogP contribution in [0.5, 0.6) is 5.75 Å². The number of ether oxygens (including phenoxy) is 1. The predicted octanol–water partition coefficient (Wildman–Crippen LogP) is 3.94. The second-order valence-electron chi connectivity index (χ2n) is 8.20. The van der Waals surface area contributed by atoms with Gasteiger partial charge in [-0.05, 0) is 48.9 Å². The van der Waals surface area contributed by atoms with E-state index in [2.05, 4.69) is 35.1 Å². The van der Waals surface area contributed by atoms with Crippen LogP contribution in [0.25, 0.3) is 11.5 Å². The summed E-state index contributed by atoms with van der Waals surface area (Å²) in [6.07, 6.45) is 5.58. The van der Waals surface area contributed by atoms with E-state index < -0.39 is 0 Å². The number of hydrogen-bond donors (Lipinski definition) is 0. The molecule has 7 nitrogen and oxygen atoms in total. The van der Waals surface area contributed by atoms with Gasteiger partial charge in [-0.2, -0.15) is 5.10 Å². The van der Waals surface area contributed by atoms with E-state index >= 15 is 0 Å². The summed E-state index contributed by atoms with van der Waals surface area (Å²) in [7, 11) is 1.68. The summed E-state index contributed by atoms with van der Waals surface area (Å²) in [5.41, 5.74) is 3.79. The van der Waals surface area contributed by atoms with E-state index in [1.165, 1.54) is 0 Å². The lowest BCUT2D eigenvalue weighted by Crippen LogP contribution is -2.48. The van der Waals surface area contributed by atoms with Crippen LogP contribution in [-0.4, -0.2) is 58.4 Å². The maximum Gasteiger partial charge on any atom is 0.259 e. The van der Waals surface area contributed by atoms with Crippen molar-refractivity contribution in [2.24, 2.45) is 0 Å². The molecule has 0 aliphatic carbocycles. The van der Waals surface area contributed by atoms with E-state index in [1.54, 1.807) is 13.3 Å². The van der Waals surface area contributed by atoms with Crippen LogP contribution in [0.2, 0.25) is 0 Å². The van der Waals surface area contributed by atoms with Crippen molar-refractivity contribution < 1.29 is 9.53 Å². The molecule has 33 heavy (non-hydrogen) atoms. The Labute approximate surface area is 193 Å². The van der Waals surface area contributed by atoms with E-state index in [-0.39, 0.29) is 5.91 Å². The lowest BCUT2D eigenvalue weighted by molar-refractivity contribution is 0.0746. The Balaban J connectivity index is 1.40. The molecule has 0 unspecified atom stereocenters. The molecule has 1 saturated heterocycles. The van der Waals surface area contributed by atoms with Crippen LogP contribution in [0.3, 0.4) is 0 Å². The molecule has 0 atom stereocenters. The van der Waals surface area contributed by atoms with E-state index in [9.17, 15) is 4.79 Å². The van der Waals surface area contributed by atoms with Gasteiger partial charge in [0.1, 0.15) is 11.3 Å². The Bertz CT molecular complexity index is 1250. The number of aryl methyl sites for hydroxylation is 1. The molecule has 1 amide bonds. The molecule has 5 rings (SSSR count). The first-order valence-corrected chi connectivity index (χ1v) is 11.1. The van der Waals surface area contributed by atoms with Gasteiger partial charge in [0.25, 0.3) is 5.91 Å². The predicted molar refractivity (Wildman–Crippen MR) is 129 cm³/mol. The molecule has 3 heterocycles. The average Bonchev–Trinajstić information content (AvgIpc) is 3.54. The number of rotatable bonds is 5. The molecule has 0 spiro atoms. The Kier molecular flexibility index (Phi) is 5.60. The summed E-state index contributed by atoms with van der Waals surface area (Å²) in [4.78, 5) is 17.8. The van der Waals surface area contributed by atoms with Crippen LogP contribution in [0.1, 0.15) is 15.9 Å². The fourth-order valence-electron chi connectivity index (χ4n) is 4.31. The third-order valence-corrected chi connectivity index (χ3v) is 6.05. The lowest BCUT2D eigenvalue weighted by Gasteiger charge is -2.36. The van der Waals surface area contributed by atoms with Crippen molar-refractivity contribution >= 4 is 11.6 Å². The molecule has 0 bridgehead atoms. The van der Waals surface area contributed by atoms with Gasteiger partial charge in [0.15, 0.2) is 5.82 Å². The fraction of sp³-hybridized carbons (Fsp3) is 0.231. The van der Waals surface area contributed by atoms with E-state index in [0.717, 1.165) is 41.6 Å². The summed E-state index contributed by atoms with van der Waals surface area (Å²) in [6.45, 7) is 4.89. The summed E-state index contributed by atoms with van der Waals surface area (Å²) < 4.78 is 9.15. The summed E-state index contributed by atoms with van der Waals surface area (Å²) in [6, 6.07) is 20.1. The number of amides is 1. The third-order valence-electron chi connectivity index (χ3n) is 6.05. The molecular weight excluding hydrogens is 414 g/mol. The number of carbonyl (C=O) groups excluding carboxylic acids is 1. The number of hydrogen-bond acceptors (Lipinski definition) is 4. The van der Waals surface area contributed by atoms with Crippen molar-refractivity contribution in [1.29, 1.82) is 0 Å². The molecule has 2 aromatic heterocycles. The minimum absolute atomic E-state index is 0.00268. The van der Waals surface area contributed by atoms with Crippen LogP contribution in [-0.2, 0) is 0 Å². The molecule has 0 radical (unpaired) electrons. The Morgan fingerprint density at radius 1 is 0.909 bits per heavy atom. The maximum absolute atomic E-state index is 13.6. The number of aromatic nitrogens is 3. The molecule has 7 heteroatoms. The zero-order valence-electron chi connectivity index (χ0n) is 18.9. The molecular formula is C26H27N5O2. The van der Waals surface area contributed by atoms with Crippen molar-refractivity contribution in [2.45, 2.75) is 6.92 Å². The smallest absolute Gasteiger partial charge is 0.259 e. The molecule has 1 fully saturated rings. The molecule has 1 aliphatic heterocycles. The van der Waals surface area contributed by atoms with Crippen molar-refractivity contribution in [3.05, 3.63) is 90.4 Å². The van der Waals surface area contributed by atoms with Crippen molar-refractivity contribution in [3.8, 4) is 17.3 Å². The monoisotopic (exact) mass is 441 g/mol. The quantitative estimate of drug-likeness (QED) is 0.471. The Hall–Kier alpha value is -4.00. The van der Waals surface area contributed by atoms with Crippen molar-refractivity contribution in [1.82, 2.24) is 19.2 Å². The highest BCUT2D eigenvalue weighted by molar-refractivity contribution is 5.97. The number of methoxy groups -OCH3 is 1. The van der Waals surface area contributed by atoms with Gasteiger partial charge < -0.3 is 19.1 Å². The van der Waals surface area contributed by atoms with Crippen LogP contribution >= 0.6 is 0 Å². The van der Waals surface area contributed by atoms with Gasteiger partial charge in [0.05, 0.1) is 19.0 Å². The summed E-state index contributed by atoms with van der Waals surface area (Å²) in [5, 5.41) is 4.61. The van der Waals surface area contributed by atoms with Crippen LogP contribution in [0.15, 0.2) is 79.3 Å². The van der Waals surface area contributed by atoms with Gasteiger partial charge in [0.2, 0.25) is 0 Å².